The van der Waals surface area contributed by atoms with Gasteiger partial charge < -0.3 is 0 Å². The van der Waals surface area contributed by atoms with E-state index in [1.165, 1.54) is 0 Å². The Morgan fingerprint density at radius 2 is 1.93 bits per heavy atom. The number of unbranched alkanes of at least 4 members (excludes halogenated alkanes) is 3. The van der Waals surface area contributed by atoms with Crippen LogP contribution >= 0.6 is 11.6 Å². The number of aliphatic imine (C=N–C) groups is 2. The highest BCUT2D eigenvalue weighted by molar-refractivity contribution is 6.31. The molecular weight excluding hydrogens is 372 g/mol. The van der Waals surface area contributed by atoms with Crippen LogP contribution in [-0.4, -0.2) is 24.0 Å². The van der Waals surface area contributed by atoms with Crippen molar-refractivity contribution >= 4 is 34.7 Å². The van der Waals surface area contributed by atoms with E-state index < -0.39 is 0 Å². The predicted octanol–water partition coefficient (Wildman–Crippen LogP) is 4.81. The fraction of sp³-hybridized carbons (Fsp3) is 0.318. The molecular formula is C22H25ClN4O. The van der Waals surface area contributed by atoms with Crippen LogP contribution in [0.25, 0.3) is 0 Å². The fourth-order valence-electron chi connectivity index (χ4n) is 3.04. The summed E-state index contributed by atoms with van der Waals surface area (Å²) in [5.74, 6) is 0.558. The summed E-state index contributed by atoms with van der Waals surface area (Å²) in [5.41, 5.74) is 9.16. The first-order valence-electron chi connectivity index (χ1n) is 9.69. The van der Waals surface area contributed by atoms with Crippen LogP contribution in [0.1, 0.15) is 50.2 Å². The highest BCUT2D eigenvalue weighted by Gasteiger charge is 2.17. The van der Waals surface area contributed by atoms with Gasteiger partial charge in [0.2, 0.25) is 5.91 Å². The quantitative estimate of drug-likeness (QED) is 0.543. The Morgan fingerprint density at radius 1 is 1.11 bits per heavy atom. The first-order valence-corrected chi connectivity index (χ1v) is 10.1. The second-order valence-electron chi connectivity index (χ2n) is 6.73. The van der Waals surface area contributed by atoms with Gasteiger partial charge in [0.15, 0.2) is 0 Å². The number of nitrogens with one attached hydrogen (secondary N) is 2. The van der Waals surface area contributed by atoms with Gasteiger partial charge in [0.05, 0.1) is 17.9 Å². The minimum atomic E-state index is -0.0355. The minimum absolute atomic E-state index is 0.0355. The molecule has 0 aromatic heterocycles. The summed E-state index contributed by atoms with van der Waals surface area (Å²) in [6, 6.07) is 15.5. The smallest absolute Gasteiger partial charge is 0.238 e. The molecule has 2 aromatic rings. The molecule has 5 nitrogen and oxygen atoms in total. The van der Waals surface area contributed by atoms with Crippen molar-refractivity contribution in [2.75, 3.05) is 6.54 Å². The number of benzene rings is 2. The Kier molecular flexibility index (Phi) is 7.20. The Bertz CT molecular complexity index is 877. The molecule has 0 atom stereocenters. The standard InChI is InChI=1S/C22H25ClN4O/c1-2-3-4-8-11-21(28)27-26-20-15-24-22(16-9-6-5-7-10-16)18-14-17(23)12-13-19(18)25-20/h5-7,9-10,12-14H,2-4,8,11,15H2,1H3,(H,25,26)(H,27,28). The van der Waals surface area contributed by atoms with Gasteiger partial charge in [-0.2, -0.15) is 0 Å². The van der Waals surface area contributed by atoms with Gasteiger partial charge in [-0.05, 0) is 24.6 Å². The van der Waals surface area contributed by atoms with Gasteiger partial charge in [-0.1, -0.05) is 68.1 Å². The molecule has 1 heterocycles. The zero-order valence-electron chi connectivity index (χ0n) is 16.0. The molecule has 0 spiro atoms. The van der Waals surface area contributed by atoms with E-state index >= 15 is 0 Å². The summed E-state index contributed by atoms with van der Waals surface area (Å²) in [6.45, 7) is 2.49. The highest BCUT2D eigenvalue weighted by atomic mass is 35.5. The number of halogens is 1. The van der Waals surface area contributed by atoms with Crippen molar-refractivity contribution in [3.8, 4) is 0 Å². The number of nitrogens with zero attached hydrogens (tertiary/aromatic N) is 2. The second kappa shape index (κ2) is 10.0. The Balaban J connectivity index is 1.74. The third kappa shape index (κ3) is 5.42. The van der Waals surface area contributed by atoms with Crippen LogP contribution in [0.3, 0.4) is 0 Å². The van der Waals surface area contributed by atoms with E-state index in [9.17, 15) is 4.79 Å². The van der Waals surface area contributed by atoms with Gasteiger partial charge in [-0.15, -0.1) is 0 Å². The van der Waals surface area contributed by atoms with Crippen molar-refractivity contribution in [3.63, 3.8) is 0 Å². The van der Waals surface area contributed by atoms with Crippen molar-refractivity contribution in [3.05, 3.63) is 64.7 Å². The fourth-order valence-corrected chi connectivity index (χ4v) is 3.21. The van der Waals surface area contributed by atoms with E-state index in [-0.39, 0.29) is 5.91 Å². The molecule has 0 bridgehead atoms. The first kappa shape index (κ1) is 20.1. The lowest BCUT2D eigenvalue weighted by Gasteiger charge is -2.09. The topological polar surface area (TPSA) is 65.8 Å². The average molecular weight is 397 g/mol. The number of amides is 1. The van der Waals surface area contributed by atoms with Crippen LogP contribution < -0.4 is 10.9 Å². The van der Waals surface area contributed by atoms with Gasteiger partial charge in [0.25, 0.3) is 0 Å². The highest BCUT2D eigenvalue weighted by Crippen LogP contribution is 2.28. The van der Waals surface area contributed by atoms with Crippen molar-refractivity contribution in [1.29, 1.82) is 0 Å². The lowest BCUT2D eigenvalue weighted by Crippen LogP contribution is -2.42. The molecule has 0 saturated heterocycles. The zero-order chi connectivity index (χ0) is 19.8. The van der Waals surface area contributed by atoms with Gasteiger partial charge in [-0.3, -0.25) is 20.6 Å². The van der Waals surface area contributed by atoms with E-state index in [4.69, 9.17) is 16.6 Å². The summed E-state index contributed by atoms with van der Waals surface area (Å²) in [4.78, 5) is 21.4. The van der Waals surface area contributed by atoms with E-state index in [1.807, 2.05) is 48.5 Å². The number of rotatable bonds is 6. The summed E-state index contributed by atoms with van der Waals surface area (Å²) in [5, 5.41) is 0.634. The molecule has 1 aliphatic rings. The number of hydrogen-bond acceptors (Lipinski definition) is 4. The maximum Gasteiger partial charge on any atom is 0.238 e. The van der Waals surface area contributed by atoms with Crippen LogP contribution in [0.15, 0.2) is 58.5 Å². The summed E-state index contributed by atoms with van der Waals surface area (Å²) in [7, 11) is 0. The Hall–Kier alpha value is -2.66. The predicted molar refractivity (Wildman–Crippen MR) is 116 cm³/mol. The molecule has 0 unspecified atom stereocenters. The third-order valence-corrected chi connectivity index (χ3v) is 4.74. The SMILES string of the molecule is CCCCCCC(=O)NNC1=Nc2ccc(Cl)cc2C(c2ccccc2)=NC1. The van der Waals surface area contributed by atoms with Gasteiger partial charge >= 0.3 is 0 Å². The summed E-state index contributed by atoms with van der Waals surface area (Å²) >= 11 is 6.22. The maximum absolute atomic E-state index is 12.0. The monoisotopic (exact) mass is 396 g/mol. The zero-order valence-corrected chi connectivity index (χ0v) is 16.8. The number of carbonyl (C=O) groups is 1. The average Bonchev–Trinajstić information content (AvgIpc) is 2.89. The number of carbonyl (C=O) groups excluding carboxylic acids is 1. The van der Waals surface area contributed by atoms with Gasteiger partial charge in [-0.25, -0.2) is 4.99 Å². The van der Waals surface area contributed by atoms with E-state index in [0.717, 1.165) is 48.2 Å². The van der Waals surface area contributed by atoms with Crippen LogP contribution in [-0.2, 0) is 4.79 Å². The number of hydrogen-bond donors (Lipinski definition) is 2. The van der Waals surface area contributed by atoms with Crippen molar-refractivity contribution in [2.24, 2.45) is 9.98 Å². The van der Waals surface area contributed by atoms with E-state index in [1.54, 1.807) is 0 Å². The van der Waals surface area contributed by atoms with Crippen LogP contribution in [0.4, 0.5) is 5.69 Å². The number of hydrazine groups is 1. The molecule has 2 aromatic carbocycles. The molecule has 0 fully saturated rings. The minimum Gasteiger partial charge on any atom is -0.284 e. The number of amidine groups is 1. The molecule has 1 amide bonds. The molecule has 2 N–H and O–H groups in total. The largest absolute Gasteiger partial charge is 0.284 e. The molecule has 28 heavy (non-hydrogen) atoms. The van der Waals surface area contributed by atoms with Gasteiger partial charge in [0, 0.05) is 22.6 Å². The third-order valence-electron chi connectivity index (χ3n) is 4.51. The van der Waals surface area contributed by atoms with E-state index in [2.05, 4.69) is 22.8 Å². The molecule has 0 radical (unpaired) electrons. The number of fused-ring (bicyclic) bond motifs is 1. The van der Waals surface area contributed by atoms with Crippen LogP contribution in [0.5, 0.6) is 0 Å². The van der Waals surface area contributed by atoms with Crippen LogP contribution in [0, 0.1) is 0 Å². The molecule has 146 valence electrons. The molecule has 0 aliphatic carbocycles. The van der Waals surface area contributed by atoms with Crippen LogP contribution in [0.2, 0.25) is 5.02 Å². The normalized spacial score (nSPS) is 13.1. The molecule has 1 aliphatic heterocycles. The summed E-state index contributed by atoms with van der Waals surface area (Å²) < 4.78 is 0. The summed E-state index contributed by atoms with van der Waals surface area (Å²) in [6.07, 6.45) is 4.78. The van der Waals surface area contributed by atoms with Gasteiger partial charge in [0.1, 0.15) is 5.84 Å². The molecule has 0 saturated carbocycles. The molecule has 6 heteroatoms. The lowest BCUT2D eigenvalue weighted by atomic mass is 10.0. The van der Waals surface area contributed by atoms with Crippen molar-refractivity contribution < 1.29 is 4.79 Å². The second-order valence-corrected chi connectivity index (χ2v) is 7.17. The Labute approximate surface area is 170 Å². The van der Waals surface area contributed by atoms with Crippen molar-refractivity contribution in [1.82, 2.24) is 10.9 Å². The lowest BCUT2D eigenvalue weighted by molar-refractivity contribution is -0.121. The van der Waals surface area contributed by atoms with Crippen molar-refractivity contribution in [2.45, 2.75) is 39.0 Å². The molecule has 3 rings (SSSR count). The maximum atomic E-state index is 12.0. The Morgan fingerprint density at radius 3 is 2.71 bits per heavy atom. The first-order chi connectivity index (χ1) is 13.7. The van der Waals surface area contributed by atoms with E-state index in [0.29, 0.717) is 23.8 Å².